The largest absolute Gasteiger partial charge is 0.376 e. The zero-order valence-electron chi connectivity index (χ0n) is 19.6. The van der Waals surface area contributed by atoms with Gasteiger partial charge in [0, 0.05) is 49.4 Å². The van der Waals surface area contributed by atoms with Crippen LogP contribution in [0.15, 0.2) is 40.9 Å². The molecule has 2 aromatic heterocycles. The predicted molar refractivity (Wildman–Crippen MR) is 136 cm³/mol. The molecule has 2 heterocycles. The molecule has 1 unspecified atom stereocenters. The van der Waals surface area contributed by atoms with Crippen LogP contribution in [0.5, 0.6) is 0 Å². The van der Waals surface area contributed by atoms with Gasteiger partial charge in [0.1, 0.15) is 10.7 Å². The first-order valence-electron chi connectivity index (χ1n) is 11.2. The van der Waals surface area contributed by atoms with Crippen LogP contribution in [0.25, 0.3) is 0 Å². The second-order valence-corrected chi connectivity index (χ2v) is 11.4. The van der Waals surface area contributed by atoms with E-state index in [2.05, 4.69) is 33.7 Å². The van der Waals surface area contributed by atoms with Crippen LogP contribution in [0, 0.1) is 0 Å². The molecule has 33 heavy (non-hydrogen) atoms. The van der Waals surface area contributed by atoms with Crippen molar-refractivity contribution in [2.24, 2.45) is 0 Å². The number of aryl methyl sites for hydroxylation is 3. The summed E-state index contributed by atoms with van der Waals surface area (Å²) in [5.41, 5.74) is 1.41. The SMILES string of the molecule is CCCn1ccnc1CCCN(C)S(=O)(=O)c1cc(Cl)ccc1NC(C)c1csc(CC)n1. The van der Waals surface area contributed by atoms with Crippen molar-refractivity contribution in [3.05, 3.63) is 57.5 Å². The maximum Gasteiger partial charge on any atom is 0.244 e. The van der Waals surface area contributed by atoms with E-state index in [4.69, 9.17) is 11.6 Å². The standard InChI is InChI=1S/C23H32ClN5O2S2/c1-5-12-29-14-11-25-22(29)8-7-13-28(4)33(30,31)21-15-18(24)9-10-19(21)26-17(3)20-16-32-23(6-2)27-20/h9-11,14-17,26H,5-8,12-13H2,1-4H3. The topological polar surface area (TPSA) is 80.1 Å². The quantitative estimate of drug-likeness (QED) is 0.354. The van der Waals surface area contributed by atoms with Crippen molar-refractivity contribution in [3.63, 3.8) is 0 Å². The minimum atomic E-state index is -3.74. The highest BCUT2D eigenvalue weighted by atomic mass is 35.5. The lowest BCUT2D eigenvalue weighted by Crippen LogP contribution is -2.29. The lowest BCUT2D eigenvalue weighted by molar-refractivity contribution is 0.457. The van der Waals surface area contributed by atoms with Gasteiger partial charge in [-0.25, -0.2) is 22.7 Å². The smallest absolute Gasteiger partial charge is 0.244 e. The minimum absolute atomic E-state index is 0.139. The third-order valence-corrected chi connectivity index (χ3v) is 8.60. The van der Waals surface area contributed by atoms with Gasteiger partial charge < -0.3 is 9.88 Å². The highest BCUT2D eigenvalue weighted by Gasteiger charge is 2.25. The Hall–Kier alpha value is -1.94. The Kier molecular flexibility index (Phi) is 8.92. The number of hydrogen-bond acceptors (Lipinski definition) is 6. The molecule has 0 fully saturated rings. The number of halogens is 1. The van der Waals surface area contributed by atoms with E-state index in [1.165, 1.54) is 10.4 Å². The van der Waals surface area contributed by atoms with Gasteiger partial charge in [0.2, 0.25) is 10.0 Å². The molecule has 1 N–H and O–H groups in total. The summed E-state index contributed by atoms with van der Waals surface area (Å²) < 4.78 is 30.4. The first kappa shape index (κ1) is 25.7. The van der Waals surface area contributed by atoms with Crippen LogP contribution in [0.4, 0.5) is 5.69 Å². The van der Waals surface area contributed by atoms with Crippen molar-refractivity contribution in [2.75, 3.05) is 18.9 Å². The van der Waals surface area contributed by atoms with Crippen LogP contribution in [-0.2, 0) is 29.4 Å². The number of anilines is 1. The highest BCUT2D eigenvalue weighted by molar-refractivity contribution is 7.89. The van der Waals surface area contributed by atoms with E-state index < -0.39 is 10.0 Å². The van der Waals surface area contributed by atoms with E-state index in [0.717, 1.165) is 35.9 Å². The van der Waals surface area contributed by atoms with E-state index in [9.17, 15) is 8.42 Å². The molecule has 3 rings (SSSR count). The van der Waals surface area contributed by atoms with Crippen molar-refractivity contribution in [1.82, 2.24) is 18.8 Å². The van der Waals surface area contributed by atoms with Crippen LogP contribution in [0.1, 0.15) is 56.2 Å². The minimum Gasteiger partial charge on any atom is -0.376 e. The predicted octanol–water partition coefficient (Wildman–Crippen LogP) is 5.39. The number of hydrogen-bond donors (Lipinski definition) is 1. The van der Waals surface area contributed by atoms with Crippen LogP contribution in [0.3, 0.4) is 0 Å². The van der Waals surface area contributed by atoms with Gasteiger partial charge in [0.05, 0.1) is 22.4 Å². The summed E-state index contributed by atoms with van der Waals surface area (Å²) in [5.74, 6) is 0.983. The number of sulfonamides is 1. The van der Waals surface area contributed by atoms with Gasteiger partial charge in [-0.1, -0.05) is 25.4 Å². The molecule has 1 aromatic carbocycles. The summed E-state index contributed by atoms with van der Waals surface area (Å²) in [6.07, 6.45) is 7.06. The third kappa shape index (κ3) is 6.35. The number of rotatable bonds is 12. The molecule has 0 saturated carbocycles. The molecule has 7 nitrogen and oxygen atoms in total. The number of nitrogens with zero attached hydrogens (tertiary/aromatic N) is 4. The Balaban J connectivity index is 1.73. The van der Waals surface area contributed by atoms with E-state index in [1.54, 1.807) is 36.7 Å². The Bertz CT molecular complexity index is 1160. The van der Waals surface area contributed by atoms with Crippen LogP contribution in [-0.4, -0.2) is 40.9 Å². The number of nitrogens with one attached hydrogen (secondary N) is 1. The van der Waals surface area contributed by atoms with Gasteiger partial charge in [0.15, 0.2) is 0 Å². The van der Waals surface area contributed by atoms with Crippen LogP contribution >= 0.6 is 22.9 Å². The summed E-state index contributed by atoms with van der Waals surface area (Å²) >= 11 is 7.80. The zero-order chi connectivity index (χ0) is 24.0. The lowest BCUT2D eigenvalue weighted by Gasteiger charge is -2.22. The van der Waals surface area contributed by atoms with Gasteiger partial charge in [-0.2, -0.15) is 0 Å². The molecular formula is C23H32ClN5O2S2. The van der Waals surface area contributed by atoms with Crippen molar-refractivity contribution < 1.29 is 8.42 Å². The molecule has 0 amide bonds. The van der Waals surface area contributed by atoms with Gasteiger partial charge in [-0.15, -0.1) is 11.3 Å². The Labute approximate surface area is 205 Å². The summed E-state index contributed by atoms with van der Waals surface area (Å²) in [6.45, 7) is 7.46. The summed E-state index contributed by atoms with van der Waals surface area (Å²) in [4.78, 5) is 9.20. The van der Waals surface area contributed by atoms with E-state index >= 15 is 0 Å². The summed E-state index contributed by atoms with van der Waals surface area (Å²) in [6, 6.07) is 4.78. The fraction of sp³-hybridized carbons (Fsp3) is 0.478. The number of imidazole rings is 1. The number of benzene rings is 1. The lowest BCUT2D eigenvalue weighted by atomic mass is 10.2. The molecule has 180 valence electrons. The molecule has 0 aliphatic carbocycles. The van der Waals surface area contributed by atoms with Crippen molar-refractivity contribution in [2.45, 2.75) is 63.9 Å². The molecule has 0 spiro atoms. The van der Waals surface area contributed by atoms with Crippen molar-refractivity contribution >= 4 is 38.6 Å². The van der Waals surface area contributed by atoms with Crippen LogP contribution < -0.4 is 5.32 Å². The maximum atomic E-state index is 13.4. The Morgan fingerprint density at radius 3 is 2.79 bits per heavy atom. The molecule has 1 atom stereocenters. The maximum absolute atomic E-state index is 13.4. The third-order valence-electron chi connectivity index (χ3n) is 5.46. The van der Waals surface area contributed by atoms with Crippen molar-refractivity contribution in [1.29, 1.82) is 0 Å². The highest BCUT2D eigenvalue weighted by Crippen LogP contribution is 2.31. The van der Waals surface area contributed by atoms with Crippen LogP contribution in [0.2, 0.25) is 5.02 Å². The fourth-order valence-corrected chi connectivity index (χ4v) is 6.04. The first-order chi connectivity index (χ1) is 15.8. The molecule has 0 aliphatic heterocycles. The average molecular weight is 510 g/mol. The van der Waals surface area contributed by atoms with Crippen molar-refractivity contribution in [3.8, 4) is 0 Å². The molecule has 0 saturated heterocycles. The zero-order valence-corrected chi connectivity index (χ0v) is 22.0. The number of aromatic nitrogens is 3. The molecule has 0 aliphatic rings. The molecular weight excluding hydrogens is 478 g/mol. The first-order valence-corrected chi connectivity index (χ1v) is 13.9. The molecule has 3 aromatic rings. The van der Waals surface area contributed by atoms with Gasteiger partial charge in [-0.3, -0.25) is 0 Å². The Morgan fingerprint density at radius 2 is 2.09 bits per heavy atom. The fourth-order valence-electron chi connectivity index (χ4n) is 3.58. The molecule has 0 radical (unpaired) electrons. The van der Waals surface area contributed by atoms with Gasteiger partial charge >= 0.3 is 0 Å². The molecule has 0 bridgehead atoms. The molecule has 10 heteroatoms. The Morgan fingerprint density at radius 1 is 1.30 bits per heavy atom. The summed E-state index contributed by atoms with van der Waals surface area (Å²) in [7, 11) is -2.13. The van der Waals surface area contributed by atoms with Gasteiger partial charge in [-0.05, 0) is 44.4 Å². The average Bonchev–Trinajstić information content (AvgIpc) is 3.45. The normalized spacial score (nSPS) is 12.9. The second-order valence-electron chi connectivity index (χ2n) is 7.99. The van der Waals surface area contributed by atoms with E-state index in [-0.39, 0.29) is 10.9 Å². The summed E-state index contributed by atoms with van der Waals surface area (Å²) in [5, 5.41) is 6.76. The van der Waals surface area contributed by atoms with E-state index in [0.29, 0.717) is 30.1 Å². The second kappa shape index (κ2) is 11.5. The van der Waals surface area contributed by atoms with Gasteiger partial charge in [0.25, 0.3) is 0 Å². The number of thiazole rings is 1. The van der Waals surface area contributed by atoms with E-state index in [1.807, 2.05) is 18.5 Å². The monoisotopic (exact) mass is 509 g/mol.